The molecule has 5 rings (SSSR count). The van der Waals surface area contributed by atoms with E-state index in [2.05, 4.69) is 11.0 Å². The van der Waals surface area contributed by atoms with Crippen LogP contribution in [0.1, 0.15) is 40.7 Å². The lowest BCUT2D eigenvalue weighted by Gasteiger charge is -2.28. The van der Waals surface area contributed by atoms with Gasteiger partial charge >= 0.3 is 0 Å². The first kappa shape index (κ1) is 26.7. The number of hydrogen-bond acceptors (Lipinski definition) is 7. The molecular weight excluding hydrogens is 496 g/mol. The Bertz CT molecular complexity index is 1350. The van der Waals surface area contributed by atoms with Crippen LogP contribution in [0.25, 0.3) is 5.76 Å². The predicted octanol–water partition coefficient (Wildman–Crippen LogP) is 4.62. The number of hydrogen-bond donors (Lipinski definition) is 1. The number of carbonyl (C=O) groups excluding carboxylic acids is 2. The summed E-state index contributed by atoms with van der Waals surface area (Å²) in [5.74, 6) is 0.188. The SMILES string of the molecule is Cc1cccc(COc2ccc(/C(O)=C3\C(=O)C(=O)N(CCCN4CCOCC4)C3c3ccc(C)o3)cc2)c1. The number of ketones is 1. The van der Waals surface area contributed by atoms with Crippen LogP contribution in [0.4, 0.5) is 0 Å². The van der Waals surface area contributed by atoms with E-state index in [1.165, 1.54) is 4.90 Å². The van der Waals surface area contributed by atoms with Gasteiger partial charge in [-0.25, -0.2) is 0 Å². The van der Waals surface area contributed by atoms with E-state index in [0.29, 0.717) is 55.6 Å². The molecule has 3 heterocycles. The Morgan fingerprint density at radius 3 is 2.46 bits per heavy atom. The summed E-state index contributed by atoms with van der Waals surface area (Å²) in [6.07, 6.45) is 0.691. The Morgan fingerprint density at radius 1 is 1.00 bits per heavy atom. The third kappa shape index (κ3) is 6.08. The second-order valence-corrected chi connectivity index (χ2v) is 10.1. The van der Waals surface area contributed by atoms with Crippen LogP contribution in [-0.2, 0) is 20.9 Å². The number of nitrogens with zero attached hydrogens (tertiary/aromatic N) is 2. The highest BCUT2D eigenvalue weighted by Crippen LogP contribution is 2.40. The van der Waals surface area contributed by atoms with E-state index in [9.17, 15) is 14.7 Å². The molecule has 0 spiro atoms. The van der Waals surface area contributed by atoms with Crippen LogP contribution in [0, 0.1) is 13.8 Å². The van der Waals surface area contributed by atoms with Gasteiger partial charge in [0.1, 0.15) is 35.7 Å². The van der Waals surface area contributed by atoms with Gasteiger partial charge in [-0.15, -0.1) is 0 Å². The number of likely N-dealkylation sites (tertiary alicyclic amines) is 1. The van der Waals surface area contributed by atoms with Crippen molar-refractivity contribution < 1.29 is 28.6 Å². The molecule has 8 nitrogen and oxygen atoms in total. The van der Waals surface area contributed by atoms with Crippen molar-refractivity contribution in [2.45, 2.75) is 32.9 Å². The van der Waals surface area contributed by atoms with Crippen LogP contribution < -0.4 is 4.74 Å². The summed E-state index contributed by atoms with van der Waals surface area (Å²) < 4.78 is 17.2. The van der Waals surface area contributed by atoms with Crippen LogP contribution in [-0.4, -0.2) is 66.0 Å². The zero-order valence-corrected chi connectivity index (χ0v) is 22.4. The number of furan rings is 1. The molecule has 0 aliphatic carbocycles. The highest BCUT2D eigenvalue weighted by molar-refractivity contribution is 6.46. The van der Waals surface area contributed by atoms with Crippen LogP contribution in [0.15, 0.2) is 70.7 Å². The van der Waals surface area contributed by atoms with E-state index in [0.717, 1.165) is 30.8 Å². The summed E-state index contributed by atoms with van der Waals surface area (Å²) in [6, 6.07) is 17.7. The number of aliphatic hydroxyl groups is 1. The zero-order valence-electron chi connectivity index (χ0n) is 22.4. The number of benzene rings is 2. The quantitative estimate of drug-likeness (QED) is 0.245. The van der Waals surface area contributed by atoms with Gasteiger partial charge in [-0.2, -0.15) is 0 Å². The van der Waals surface area contributed by atoms with E-state index in [4.69, 9.17) is 13.9 Å². The Hall–Kier alpha value is -3.88. The molecule has 2 saturated heterocycles. The number of ether oxygens (including phenoxy) is 2. The standard InChI is InChI=1S/C31H34N2O6/c1-21-5-3-6-23(19-21)20-38-25-10-8-24(9-11-25)29(34)27-28(26-12-7-22(2)39-26)33(31(36)30(27)35)14-4-13-32-15-17-37-18-16-32/h3,5-12,19,28,34H,4,13-18,20H2,1-2H3/b29-27+. The molecular formula is C31H34N2O6. The molecule has 1 atom stereocenters. The van der Waals surface area contributed by atoms with Gasteiger partial charge in [0.25, 0.3) is 11.7 Å². The maximum absolute atomic E-state index is 13.2. The topological polar surface area (TPSA) is 92.5 Å². The number of aryl methyl sites for hydroxylation is 2. The van der Waals surface area contributed by atoms with Crippen molar-refractivity contribution in [1.82, 2.24) is 9.80 Å². The minimum atomic E-state index is -0.791. The fourth-order valence-corrected chi connectivity index (χ4v) is 5.13. The maximum Gasteiger partial charge on any atom is 0.295 e. The fourth-order valence-electron chi connectivity index (χ4n) is 5.13. The molecule has 204 valence electrons. The first-order valence-corrected chi connectivity index (χ1v) is 13.3. The number of morpholine rings is 1. The summed E-state index contributed by atoms with van der Waals surface area (Å²) in [6.45, 7) is 8.53. The second kappa shape index (κ2) is 11.9. The number of amides is 1. The average molecular weight is 531 g/mol. The van der Waals surface area contributed by atoms with Crippen molar-refractivity contribution in [1.29, 1.82) is 0 Å². The highest BCUT2D eigenvalue weighted by Gasteiger charge is 2.47. The van der Waals surface area contributed by atoms with Gasteiger partial charge < -0.3 is 23.9 Å². The molecule has 2 aliphatic heterocycles. The lowest BCUT2D eigenvalue weighted by molar-refractivity contribution is -0.140. The molecule has 2 aliphatic rings. The highest BCUT2D eigenvalue weighted by atomic mass is 16.5. The molecule has 1 amide bonds. The second-order valence-electron chi connectivity index (χ2n) is 10.1. The molecule has 8 heteroatoms. The summed E-state index contributed by atoms with van der Waals surface area (Å²) in [5.41, 5.74) is 2.69. The van der Waals surface area contributed by atoms with Gasteiger partial charge in [0.15, 0.2) is 0 Å². The van der Waals surface area contributed by atoms with Crippen molar-refractivity contribution in [3.8, 4) is 5.75 Å². The van der Waals surface area contributed by atoms with Crippen LogP contribution in [0.2, 0.25) is 0 Å². The Morgan fingerprint density at radius 2 is 1.77 bits per heavy atom. The van der Waals surface area contributed by atoms with E-state index < -0.39 is 17.7 Å². The van der Waals surface area contributed by atoms with Crippen molar-refractivity contribution in [2.24, 2.45) is 0 Å². The van der Waals surface area contributed by atoms with E-state index >= 15 is 0 Å². The van der Waals surface area contributed by atoms with E-state index in [-0.39, 0.29) is 11.3 Å². The Kier molecular flexibility index (Phi) is 8.14. The lowest BCUT2D eigenvalue weighted by atomic mass is 9.99. The van der Waals surface area contributed by atoms with Gasteiger partial charge in [0.2, 0.25) is 0 Å². The summed E-state index contributed by atoms with van der Waals surface area (Å²) >= 11 is 0. The van der Waals surface area contributed by atoms with Crippen molar-refractivity contribution in [2.75, 3.05) is 39.4 Å². The predicted molar refractivity (Wildman–Crippen MR) is 146 cm³/mol. The molecule has 1 aromatic heterocycles. The number of carbonyl (C=O) groups is 2. The van der Waals surface area contributed by atoms with E-state index in [1.54, 1.807) is 36.4 Å². The molecule has 39 heavy (non-hydrogen) atoms. The minimum Gasteiger partial charge on any atom is -0.507 e. The van der Waals surface area contributed by atoms with Crippen molar-refractivity contribution in [3.63, 3.8) is 0 Å². The molecule has 1 unspecified atom stereocenters. The van der Waals surface area contributed by atoms with Crippen LogP contribution in [0.3, 0.4) is 0 Å². The summed E-state index contributed by atoms with van der Waals surface area (Å²) in [5, 5.41) is 11.3. The third-order valence-corrected chi connectivity index (χ3v) is 7.16. The molecule has 0 bridgehead atoms. The summed E-state index contributed by atoms with van der Waals surface area (Å²) in [7, 11) is 0. The lowest BCUT2D eigenvalue weighted by Crippen LogP contribution is -2.38. The zero-order chi connectivity index (χ0) is 27.4. The molecule has 3 aromatic rings. The molecule has 2 aromatic carbocycles. The Labute approximate surface area is 228 Å². The molecule has 1 N–H and O–H groups in total. The van der Waals surface area contributed by atoms with E-state index in [1.807, 2.05) is 32.0 Å². The number of rotatable bonds is 9. The average Bonchev–Trinajstić information content (AvgIpc) is 3.48. The van der Waals surface area contributed by atoms with Crippen LogP contribution >= 0.6 is 0 Å². The molecule has 0 saturated carbocycles. The normalized spacial score (nSPS) is 19.5. The summed E-state index contributed by atoms with van der Waals surface area (Å²) in [4.78, 5) is 30.2. The third-order valence-electron chi connectivity index (χ3n) is 7.16. The van der Waals surface area contributed by atoms with Crippen molar-refractivity contribution >= 4 is 17.4 Å². The monoisotopic (exact) mass is 530 g/mol. The van der Waals surface area contributed by atoms with Gasteiger partial charge in [0, 0.05) is 31.7 Å². The molecule has 0 radical (unpaired) electrons. The first-order valence-electron chi connectivity index (χ1n) is 13.3. The van der Waals surface area contributed by atoms with Gasteiger partial charge in [-0.1, -0.05) is 29.8 Å². The van der Waals surface area contributed by atoms with Crippen LogP contribution in [0.5, 0.6) is 5.75 Å². The first-order chi connectivity index (χ1) is 18.9. The molecule has 2 fully saturated rings. The Balaban J connectivity index is 1.36. The van der Waals surface area contributed by atoms with Gasteiger partial charge in [-0.3, -0.25) is 14.5 Å². The van der Waals surface area contributed by atoms with Crippen molar-refractivity contribution in [3.05, 3.63) is 94.4 Å². The maximum atomic E-state index is 13.2. The minimum absolute atomic E-state index is 0.0363. The largest absolute Gasteiger partial charge is 0.507 e. The fraction of sp³-hybridized carbons (Fsp3) is 0.355. The van der Waals surface area contributed by atoms with Gasteiger partial charge in [0.05, 0.1) is 18.8 Å². The smallest absolute Gasteiger partial charge is 0.295 e. The number of aliphatic hydroxyl groups excluding tert-OH is 1. The number of Topliss-reactive ketones (excluding diaryl/α,β-unsaturated/α-hetero) is 1. The van der Waals surface area contributed by atoms with Gasteiger partial charge in [-0.05, 0) is 62.2 Å².